The standard InChI is InChI=1S/C13H17N3O3/c1-9-4-5-10(19-9)6-14-7-11-12(17-2)15-8-16-13(11)18-3/h4-5,8,14H,6-7H2,1-3H3. The number of nitrogens with zero attached hydrogens (tertiary/aromatic N) is 2. The van der Waals surface area contributed by atoms with Gasteiger partial charge in [0.1, 0.15) is 17.8 Å². The fourth-order valence-electron chi connectivity index (χ4n) is 1.77. The van der Waals surface area contributed by atoms with Gasteiger partial charge in [0.15, 0.2) is 0 Å². The molecule has 2 heterocycles. The van der Waals surface area contributed by atoms with Gasteiger partial charge in [-0.1, -0.05) is 0 Å². The van der Waals surface area contributed by atoms with Crippen LogP contribution in [0.15, 0.2) is 22.9 Å². The molecule has 0 aromatic carbocycles. The zero-order valence-electron chi connectivity index (χ0n) is 11.3. The molecule has 102 valence electrons. The van der Waals surface area contributed by atoms with E-state index in [-0.39, 0.29) is 0 Å². The molecule has 0 aliphatic heterocycles. The van der Waals surface area contributed by atoms with Crippen LogP contribution in [0, 0.1) is 6.92 Å². The van der Waals surface area contributed by atoms with Crippen LogP contribution in [0.25, 0.3) is 0 Å². The van der Waals surface area contributed by atoms with Gasteiger partial charge in [-0.25, -0.2) is 9.97 Å². The van der Waals surface area contributed by atoms with E-state index in [0.29, 0.717) is 24.8 Å². The first-order chi connectivity index (χ1) is 9.24. The Kier molecular flexibility index (Phi) is 4.35. The highest BCUT2D eigenvalue weighted by Gasteiger charge is 2.12. The Morgan fingerprint density at radius 1 is 1.11 bits per heavy atom. The zero-order valence-corrected chi connectivity index (χ0v) is 11.3. The molecule has 2 aromatic rings. The van der Waals surface area contributed by atoms with Crippen LogP contribution >= 0.6 is 0 Å². The summed E-state index contributed by atoms with van der Waals surface area (Å²) in [7, 11) is 3.14. The van der Waals surface area contributed by atoms with Gasteiger partial charge in [-0.2, -0.15) is 0 Å². The number of hydrogen-bond acceptors (Lipinski definition) is 6. The molecule has 2 aromatic heterocycles. The van der Waals surface area contributed by atoms with Crippen molar-refractivity contribution < 1.29 is 13.9 Å². The van der Waals surface area contributed by atoms with Crippen molar-refractivity contribution in [3.63, 3.8) is 0 Å². The van der Waals surface area contributed by atoms with Crippen LogP contribution in [-0.2, 0) is 13.1 Å². The second kappa shape index (κ2) is 6.19. The van der Waals surface area contributed by atoms with E-state index in [0.717, 1.165) is 17.1 Å². The van der Waals surface area contributed by atoms with Crippen molar-refractivity contribution in [2.45, 2.75) is 20.0 Å². The zero-order chi connectivity index (χ0) is 13.7. The monoisotopic (exact) mass is 263 g/mol. The summed E-state index contributed by atoms with van der Waals surface area (Å²) in [6, 6.07) is 3.88. The lowest BCUT2D eigenvalue weighted by molar-refractivity contribution is 0.358. The SMILES string of the molecule is COc1ncnc(OC)c1CNCc1ccc(C)o1. The van der Waals surface area contributed by atoms with E-state index >= 15 is 0 Å². The molecule has 0 bridgehead atoms. The van der Waals surface area contributed by atoms with Crippen LogP contribution in [0.4, 0.5) is 0 Å². The summed E-state index contributed by atoms with van der Waals surface area (Å²) in [6.07, 6.45) is 1.41. The fraction of sp³-hybridized carbons (Fsp3) is 0.385. The Bertz CT molecular complexity index is 517. The summed E-state index contributed by atoms with van der Waals surface area (Å²) in [5, 5.41) is 3.25. The average Bonchev–Trinajstić information content (AvgIpc) is 2.84. The summed E-state index contributed by atoms with van der Waals surface area (Å²) in [4.78, 5) is 8.12. The van der Waals surface area contributed by atoms with Gasteiger partial charge in [0.2, 0.25) is 11.8 Å². The number of furan rings is 1. The van der Waals surface area contributed by atoms with Gasteiger partial charge in [0, 0.05) is 6.54 Å². The Hall–Kier alpha value is -2.08. The molecule has 0 radical (unpaired) electrons. The third-order valence-corrected chi connectivity index (χ3v) is 2.65. The number of rotatable bonds is 6. The van der Waals surface area contributed by atoms with E-state index in [4.69, 9.17) is 13.9 Å². The number of aromatic nitrogens is 2. The molecule has 0 aliphatic carbocycles. The van der Waals surface area contributed by atoms with Gasteiger partial charge >= 0.3 is 0 Å². The van der Waals surface area contributed by atoms with E-state index in [1.54, 1.807) is 14.2 Å². The Balaban J connectivity index is 2.02. The molecule has 0 atom stereocenters. The molecular weight excluding hydrogens is 246 g/mol. The molecule has 0 saturated heterocycles. The second-order valence-corrected chi connectivity index (χ2v) is 3.99. The minimum atomic E-state index is 0.509. The Labute approximate surface area is 111 Å². The number of aryl methyl sites for hydroxylation is 1. The summed E-state index contributed by atoms with van der Waals surface area (Å²) in [5.74, 6) is 2.80. The maximum atomic E-state index is 5.48. The number of hydrogen-bond donors (Lipinski definition) is 1. The number of methoxy groups -OCH3 is 2. The van der Waals surface area contributed by atoms with Gasteiger partial charge in [-0.05, 0) is 19.1 Å². The van der Waals surface area contributed by atoms with Crippen LogP contribution in [0.2, 0.25) is 0 Å². The highest BCUT2D eigenvalue weighted by molar-refractivity contribution is 5.34. The highest BCUT2D eigenvalue weighted by atomic mass is 16.5. The quantitative estimate of drug-likeness (QED) is 0.855. The van der Waals surface area contributed by atoms with Crippen LogP contribution in [0.5, 0.6) is 11.8 Å². The molecule has 2 rings (SSSR count). The van der Waals surface area contributed by atoms with Crippen molar-refractivity contribution in [2.24, 2.45) is 0 Å². The molecule has 0 aliphatic rings. The minimum absolute atomic E-state index is 0.509. The topological polar surface area (TPSA) is 69.4 Å². The molecule has 6 heteroatoms. The smallest absolute Gasteiger partial charge is 0.224 e. The van der Waals surface area contributed by atoms with Gasteiger partial charge in [-0.15, -0.1) is 0 Å². The summed E-state index contributed by atoms with van der Waals surface area (Å²) in [6.45, 7) is 3.07. The molecule has 1 N–H and O–H groups in total. The van der Waals surface area contributed by atoms with Crippen LogP contribution in [0.1, 0.15) is 17.1 Å². The van der Waals surface area contributed by atoms with Crippen molar-refractivity contribution in [3.8, 4) is 11.8 Å². The van der Waals surface area contributed by atoms with Crippen molar-refractivity contribution in [1.82, 2.24) is 15.3 Å². The van der Waals surface area contributed by atoms with Gasteiger partial charge in [-0.3, -0.25) is 0 Å². The van der Waals surface area contributed by atoms with Crippen molar-refractivity contribution >= 4 is 0 Å². The molecule has 19 heavy (non-hydrogen) atoms. The van der Waals surface area contributed by atoms with Gasteiger partial charge < -0.3 is 19.2 Å². The van der Waals surface area contributed by atoms with E-state index in [2.05, 4.69) is 15.3 Å². The molecule has 0 fully saturated rings. The minimum Gasteiger partial charge on any atom is -0.481 e. The van der Waals surface area contributed by atoms with Crippen molar-refractivity contribution in [2.75, 3.05) is 14.2 Å². The third-order valence-electron chi connectivity index (χ3n) is 2.65. The van der Waals surface area contributed by atoms with Crippen molar-refractivity contribution in [3.05, 3.63) is 35.5 Å². The van der Waals surface area contributed by atoms with Gasteiger partial charge in [0.25, 0.3) is 0 Å². The first kappa shape index (κ1) is 13.4. The first-order valence-corrected chi connectivity index (χ1v) is 5.92. The van der Waals surface area contributed by atoms with E-state index in [1.807, 2.05) is 19.1 Å². The Morgan fingerprint density at radius 3 is 2.32 bits per heavy atom. The second-order valence-electron chi connectivity index (χ2n) is 3.99. The lowest BCUT2D eigenvalue weighted by Crippen LogP contribution is -2.14. The summed E-state index contributed by atoms with van der Waals surface area (Å²) >= 11 is 0. The normalized spacial score (nSPS) is 10.5. The number of ether oxygens (including phenoxy) is 2. The van der Waals surface area contributed by atoms with E-state index < -0.39 is 0 Å². The van der Waals surface area contributed by atoms with E-state index in [1.165, 1.54) is 6.33 Å². The molecular formula is C13H17N3O3. The van der Waals surface area contributed by atoms with Gasteiger partial charge in [0.05, 0.1) is 26.3 Å². The molecule has 0 spiro atoms. The molecule has 6 nitrogen and oxygen atoms in total. The third kappa shape index (κ3) is 3.23. The highest BCUT2D eigenvalue weighted by Crippen LogP contribution is 2.23. The summed E-state index contributed by atoms with van der Waals surface area (Å²) < 4.78 is 15.9. The van der Waals surface area contributed by atoms with E-state index in [9.17, 15) is 0 Å². The van der Waals surface area contributed by atoms with Crippen LogP contribution in [-0.4, -0.2) is 24.2 Å². The molecule has 0 saturated carbocycles. The lowest BCUT2D eigenvalue weighted by atomic mass is 10.3. The first-order valence-electron chi connectivity index (χ1n) is 5.92. The largest absolute Gasteiger partial charge is 0.481 e. The number of nitrogens with one attached hydrogen (secondary N) is 1. The van der Waals surface area contributed by atoms with Crippen LogP contribution in [0.3, 0.4) is 0 Å². The average molecular weight is 263 g/mol. The lowest BCUT2D eigenvalue weighted by Gasteiger charge is -2.10. The fourth-order valence-corrected chi connectivity index (χ4v) is 1.77. The van der Waals surface area contributed by atoms with Crippen LogP contribution < -0.4 is 14.8 Å². The maximum absolute atomic E-state index is 5.48. The molecule has 0 amide bonds. The van der Waals surface area contributed by atoms with Crippen molar-refractivity contribution in [1.29, 1.82) is 0 Å². The summed E-state index contributed by atoms with van der Waals surface area (Å²) in [5.41, 5.74) is 0.788. The predicted octanol–water partition coefficient (Wildman–Crippen LogP) is 1.69. The Morgan fingerprint density at radius 2 is 1.79 bits per heavy atom. The predicted molar refractivity (Wildman–Crippen MR) is 69.1 cm³/mol. The molecule has 0 unspecified atom stereocenters. The maximum Gasteiger partial charge on any atom is 0.224 e.